The van der Waals surface area contributed by atoms with Crippen molar-refractivity contribution in [2.75, 3.05) is 20.1 Å². The van der Waals surface area contributed by atoms with Gasteiger partial charge in [-0.05, 0) is 14.0 Å². The average Bonchev–Trinajstić information content (AvgIpc) is 1.98. The summed E-state index contributed by atoms with van der Waals surface area (Å²) in [6, 6.07) is 0.161. The number of aliphatic carboxylic acids is 1. The summed E-state index contributed by atoms with van der Waals surface area (Å²) in [5.74, 6) is -0.789. The van der Waals surface area contributed by atoms with E-state index in [4.69, 9.17) is 13.1 Å². The van der Waals surface area contributed by atoms with E-state index in [2.05, 4.69) is 4.90 Å². The molecule has 0 aromatic carbocycles. The summed E-state index contributed by atoms with van der Waals surface area (Å²) in [4.78, 5) is 14.3. The maximum absolute atomic E-state index is 10.5. The molecule has 0 aliphatic carbocycles. The molecule has 0 spiro atoms. The van der Waals surface area contributed by atoms with Gasteiger partial charge in [0.15, 0.2) is 7.98 Å². The summed E-state index contributed by atoms with van der Waals surface area (Å²) >= 11 is 0. The normalized spacial score (nSPS) is 31.8. The fourth-order valence-corrected chi connectivity index (χ4v) is 1.81. The van der Waals surface area contributed by atoms with Gasteiger partial charge in [0.05, 0.1) is 6.42 Å². The topological polar surface area (TPSA) is 43.8 Å². The molecule has 1 N–H and O–H groups in total. The minimum Gasteiger partial charge on any atom is -0.481 e. The molecule has 2 radical (unpaired) electrons. The van der Waals surface area contributed by atoms with Crippen LogP contribution in [0.5, 0.6) is 0 Å². The highest BCUT2D eigenvalue weighted by molar-refractivity contribution is 6.05. The zero-order chi connectivity index (χ0) is 10.0. The molecule has 72 valence electrons. The summed E-state index contributed by atoms with van der Waals surface area (Å²) in [7, 11) is 7.76. The van der Waals surface area contributed by atoms with Gasteiger partial charge in [0.2, 0.25) is 0 Å². The number of carboxylic acid groups (broad SMARTS) is 1. The highest BCUT2D eigenvalue weighted by Crippen LogP contribution is 2.14. The summed E-state index contributed by atoms with van der Waals surface area (Å²) in [6.07, 6.45) is 0.116. The van der Waals surface area contributed by atoms with Gasteiger partial charge >= 0.3 is 5.97 Å². The van der Waals surface area contributed by atoms with Crippen molar-refractivity contribution in [3.05, 3.63) is 0 Å². The maximum atomic E-state index is 10.5. The van der Waals surface area contributed by atoms with Crippen LogP contribution in [0.3, 0.4) is 0 Å². The first kappa shape index (κ1) is 10.5. The molecule has 13 heavy (non-hydrogen) atoms. The second-order valence-electron chi connectivity index (χ2n) is 3.77. The monoisotopic (exact) mass is 182 g/mol. The van der Waals surface area contributed by atoms with Crippen molar-refractivity contribution in [3.63, 3.8) is 0 Å². The number of likely N-dealkylation sites (N-methyl/N-ethyl adjacent to an activating group) is 1. The molecule has 0 amide bonds. The van der Waals surface area contributed by atoms with E-state index in [1.165, 1.54) is 0 Å². The van der Waals surface area contributed by atoms with Gasteiger partial charge in [0.1, 0.15) is 0 Å². The molecule has 0 aromatic rings. The summed E-state index contributed by atoms with van der Waals surface area (Å²) in [5, 5.41) is 8.66. The first-order chi connectivity index (χ1) is 6.00. The van der Waals surface area contributed by atoms with Crippen LogP contribution < -0.4 is 0 Å². The van der Waals surface area contributed by atoms with Gasteiger partial charge in [-0.25, -0.2) is 0 Å². The standard InChI is InChI=1S/C8H15BN2O2/c1-6-4-10(2)5-7(11(6)9)3-8(12)13/h6-7H,3-5H2,1-2H3,(H,12,13)/t6?,7-/m1/s1. The van der Waals surface area contributed by atoms with Gasteiger partial charge in [-0.1, -0.05) is 0 Å². The van der Waals surface area contributed by atoms with Crippen LogP contribution in [-0.4, -0.2) is 61.0 Å². The largest absolute Gasteiger partial charge is 0.481 e. The van der Waals surface area contributed by atoms with Crippen molar-refractivity contribution < 1.29 is 9.90 Å². The lowest BCUT2D eigenvalue weighted by Crippen LogP contribution is -2.56. The smallest absolute Gasteiger partial charge is 0.304 e. The van der Waals surface area contributed by atoms with E-state index >= 15 is 0 Å². The lowest BCUT2D eigenvalue weighted by atomic mass is 10.00. The van der Waals surface area contributed by atoms with E-state index in [1.54, 1.807) is 4.81 Å². The van der Waals surface area contributed by atoms with E-state index in [-0.39, 0.29) is 18.5 Å². The fraction of sp³-hybridized carbons (Fsp3) is 0.875. The summed E-state index contributed by atoms with van der Waals surface area (Å²) in [6.45, 7) is 3.63. The van der Waals surface area contributed by atoms with Crippen LogP contribution in [0, 0.1) is 0 Å². The van der Waals surface area contributed by atoms with Crippen LogP contribution >= 0.6 is 0 Å². The Hall–Kier alpha value is -0.545. The molecule has 2 atom stereocenters. The Kier molecular flexibility index (Phi) is 3.33. The van der Waals surface area contributed by atoms with Crippen LogP contribution in [-0.2, 0) is 4.79 Å². The van der Waals surface area contributed by atoms with Gasteiger partial charge in [-0.2, -0.15) is 0 Å². The predicted molar refractivity (Wildman–Crippen MR) is 50.6 cm³/mol. The molecule has 4 nitrogen and oxygen atoms in total. The van der Waals surface area contributed by atoms with Gasteiger partial charge in [0, 0.05) is 25.2 Å². The third-order valence-corrected chi connectivity index (χ3v) is 2.44. The molecule has 1 heterocycles. The summed E-state index contributed by atoms with van der Waals surface area (Å²) in [5.41, 5.74) is 0. The predicted octanol–water partition coefficient (Wildman–Crippen LogP) is -0.451. The molecule has 1 aliphatic rings. The molecule has 1 rings (SSSR count). The van der Waals surface area contributed by atoms with Crippen LogP contribution in [0.1, 0.15) is 13.3 Å². The second kappa shape index (κ2) is 4.11. The van der Waals surface area contributed by atoms with Crippen molar-refractivity contribution in [2.45, 2.75) is 25.4 Å². The van der Waals surface area contributed by atoms with Crippen molar-refractivity contribution >= 4 is 14.0 Å². The zero-order valence-electron chi connectivity index (χ0n) is 8.10. The second-order valence-corrected chi connectivity index (χ2v) is 3.77. The molecule has 1 aliphatic heterocycles. The van der Waals surface area contributed by atoms with Crippen molar-refractivity contribution in [3.8, 4) is 0 Å². The third-order valence-electron chi connectivity index (χ3n) is 2.44. The number of hydrogen-bond donors (Lipinski definition) is 1. The van der Waals surface area contributed by atoms with Gasteiger partial charge < -0.3 is 14.8 Å². The number of rotatable bonds is 2. The fourth-order valence-electron chi connectivity index (χ4n) is 1.81. The third kappa shape index (κ3) is 2.71. The Morgan fingerprint density at radius 1 is 1.62 bits per heavy atom. The first-order valence-corrected chi connectivity index (χ1v) is 4.44. The Balaban J connectivity index is 2.55. The average molecular weight is 182 g/mol. The lowest BCUT2D eigenvalue weighted by Gasteiger charge is -2.42. The van der Waals surface area contributed by atoms with E-state index in [0.29, 0.717) is 0 Å². The summed E-state index contributed by atoms with van der Waals surface area (Å²) < 4.78 is 0. The molecule has 0 bridgehead atoms. The number of carboxylic acids is 1. The van der Waals surface area contributed by atoms with Crippen LogP contribution in [0.15, 0.2) is 0 Å². The van der Waals surface area contributed by atoms with Gasteiger partial charge in [-0.15, -0.1) is 0 Å². The Morgan fingerprint density at radius 3 is 2.77 bits per heavy atom. The zero-order valence-corrected chi connectivity index (χ0v) is 8.10. The minimum absolute atomic E-state index is 0.0637. The van der Waals surface area contributed by atoms with E-state index in [9.17, 15) is 4.79 Å². The Morgan fingerprint density at radius 2 is 2.23 bits per heavy atom. The molecule has 5 heteroatoms. The highest BCUT2D eigenvalue weighted by atomic mass is 16.4. The number of piperazine rings is 1. The van der Waals surface area contributed by atoms with E-state index < -0.39 is 5.97 Å². The minimum atomic E-state index is -0.789. The number of carbonyl (C=O) groups is 1. The molecule has 1 unspecified atom stereocenters. The molecule has 1 fully saturated rings. The van der Waals surface area contributed by atoms with E-state index in [1.807, 2.05) is 14.0 Å². The van der Waals surface area contributed by atoms with Crippen LogP contribution in [0.4, 0.5) is 0 Å². The Bertz CT molecular complexity index is 201. The molecule has 1 saturated heterocycles. The van der Waals surface area contributed by atoms with Gasteiger partial charge in [-0.3, -0.25) is 4.79 Å². The SMILES string of the molecule is [B]N1C(C)CN(C)C[C@H]1CC(=O)O. The van der Waals surface area contributed by atoms with Crippen LogP contribution in [0.25, 0.3) is 0 Å². The number of nitrogens with zero attached hydrogens (tertiary/aromatic N) is 2. The van der Waals surface area contributed by atoms with Crippen molar-refractivity contribution in [1.29, 1.82) is 0 Å². The van der Waals surface area contributed by atoms with E-state index in [0.717, 1.165) is 13.1 Å². The van der Waals surface area contributed by atoms with Crippen LogP contribution in [0.2, 0.25) is 0 Å². The molecule has 0 aromatic heterocycles. The Labute approximate surface area is 79.9 Å². The van der Waals surface area contributed by atoms with Crippen molar-refractivity contribution in [2.24, 2.45) is 0 Å². The van der Waals surface area contributed by atoms with Gasteiger partial charge in [0.25, 0.3) is 0 Å². The lowest BCUT2D eigenvalue weighted by molar-refractivity contribution is -0.138. The highest BCUT2D eigenvalue weighted by Gasteiger charge is 2.28. The molecule has 0 saturated carbocycles. The maximum Gasteiger partial charge on any atom is 0.304 e. The van der Waals surface area contributed by atoms with Crippen molar-refractivity contribution in [1.82, 2.24) is 9.71 Å². The number of hydrogen-bond acceptors (Lipinski definition) is 3. The molecular weight excluding hydrogens is 167 g/mol. The first-order valence-electron chi connectivity index (χ1n) is 4.44. The molecular formula is C8H15BN2O2. The quantitative estimate of drug-likeness (QED) is 0.587.